The van der Waals surface area contributed by atoms with E-state index in [1.54, 1.807) is 0 Å². The van der Waals surface area contributed by atoms with Crippen LogP contribution in [0.25, 0.3) is 0 Å². The minimum atomic E-state index is -1.12. The first kappa shape index (κ1) is 11.4. The number of hydrogen-bond donors (Lipinski definition) is 2. The van der Waals surface area contributed by atoms with E-state index in [-0.39, 0.29) is 13.1 Å². The van der Waals surface area contributed by atoms with E-state index in [1.165, 1.54) is 4.90 Å². The summed E-state index contributed by atoms with van der Waals surface area (Å²) in [6.07, 6.45) is 0. The van der Waals surface area contributed by atoms with Gasteiger partial charge in [-0.15, -0.1) is 0 Å². The maximum atomic E-state index is 11.4. The topological polar surface area (TPSA) is 104 Å². The minimum Gasteiger partial charge on any atom is -0.480 e. The molecule has 0 aromatic rings. The van der Waals surface area contributed by atoms with Crippen molar-refractivity contribution in [2.45, 2.75) is 0 Å². The molecule has 0 unspecified atom stereocenters. The van der Waals surface area contributed by atoms with Crippen LogP contribution in [0.3, 0.4) is 0 Å². The molecule has 0 atom stereocenters. The van der Waals surface area contributed by atoms with Gasteiger partial charge >= 0.3 is 17.8 Å². The molecular formula is C8H13N3O4. The summed E-state index contributed by atoms with van der Waals surface area (Å²) in [6.45, 7) is 0.774. The van der Waals surface area contributed by atoms with Gasteiger partial charge < -0.3 is 20.6 Å². The van der Waals surface area contributed by atoms with Crippen LogP contribution < -0.4 is 5.73 Å². The fourth-order valence-electron chi connectivity index (χ4n) is 1.40. The van der Waals surface area contributed by atoms with Gasteiger partial charge in [0, 0.05) is 26.2 Å². The molecule has 0 bridgehead atoms. The summed E-state index contributed by atoms with van der Waals surface area (Å²) >= 11 is 0. The molecule has 1 rings (SSSR count). The lowest BCUT2D eigenvalue weighted by molar-refractivity contribution is -0.158. The molecule has 1 aliphatic heterocycles. The van der Waals surface area contributed by atoms with Crippen molar-refractivity contribution in [1.82, 2.24) is 9.80 Å². The maximum absolute atomic E-state index is 11.4. The molecule has 1 heterocycles. The minimum absolute atomic E-state index is 0.247. The molecule has 0 aromatic carbocycles. The number of carbonyl (C=O) groups excluding carboxylic acids is 2. The summed E-state index contributed by atoms with van der Waals surface area (Å²) in [6, 6.07) is 0. The van der Waals surface area contributed by atoms with Gasteiger partial charge in [0.05, 0.1) is 0 Å². The quantitative estimate of drug-likeness (QED) is 0.513. The number of aliphatic carboxylic acids is 1. The van der Waals surface area contributed by atoms with E-state index in [9.17, 15) is 14.4 Å². The fraction of sp³-hybridized carbons (Fsp3) is 0.625. The summed E-state index contributed by atoms with van der Waals surface area (Å²) in [7, 11) is 0. The van der Waals surface area contributed by atoms with Crippen molar-refractivity contribution >= 4 is 17.8 Å². The maximum Gasteiger partial charge on any atom is 0.323 e. The second-order valence-corrected chi connectivity index (χ2v) is 3.20. The highest BCUT2D eigenvalue weighted by Gasteiger charge is 2.32. The highest BCUT2D eigenvalue weighted by Crippen LogP contribution is 2.03. The van der Waals surface area contributed by atoms with Crippen molar-refractivity contribution in [1.29, 1.82) is 0 Å². The lowest BCUT2D eigenvalue weighted by Crippen LogP contribution is -2.56. The Morgan fingerprint density at radius 1 is 1.27 bits per heavy atom. The number of piperazine rings is 1. The summed E-state index contributed by atoms with van der Waals surface area (Å²) in [5, 5.41) is 8.50. The molecule has 0 aromatic heterocycles. The number of hydrogen-bond acceptors (Lipinski definition) is 4. The number of nitrogens with two attached hydrogens (primary N) is 1. The van der Waals surface area contributed by atoms with Crippen LogP contribution in [-0.4, -0.2) is 65.4 Å². The summed E-state index contributed by atoms with van der Waals surface area (Å²) in [5.41, 5.74) is 5.27. The molecule has 0 aliphatic carbocycles. The van der Waals surface area contributed by atoms with E-state index in [0.717, 1.165) is 4.90 Å². The third-order valence-electron chi connectivity index (χ3n) is 2.12. The Labute approximate surface area is 86.4 Å². The van der Waals surface area contributed by atoms with E-state index < -0.39 is 24.3 Å². The molecule has 0 radical (unpaired) electrons. The van der Waals surface area contributed by atoms with Crippen LogP contribution in [-0.2, 0) is 14.4 Å². The number of nitrogens with zero attached hydrogens (tertiary/aromatic N) is 2. The lowest BCUT2D eigenvalue weighted by atomic mass is 10.3. The standard InChI is InChI=1S/C8H13N3O4/c9-1-2-10-3-4-11(5-6(12)13)8(15)7(10)14/h1-5,9H2,(H,12,13). The SMILES string of the molecule is NCCN1CCN(CC(=O)O)C(=O)C1=O. The van der Waals surface area contributed by atoms with Crippen LogP contribution in [0.5, 0.6) is 0 Å². The highest BCUT2D eigenvalue weighted by molar-refractivity contribution is 6.35. The van der Waals surface area contributed by atoms with Crippen molar-refractivity contribution in [3.8, 4) is 0 Å². The van der Waals surface area contributed by atoms with Crippen LogP contribution in [0.1, 0.15) is 0 Å². The number of rotatable bonds is 4. The molecule has 0 saturated carbocycles. The Bertz CT molecular complexity index is 292. The van der Waals surface area contributed by atoms with Gasteiger partial charge in [-0.3, -0.25) is 14.4 Å². The number of carbonyl (C=O) groups is 3. The van der Waals surface area contributed by atoms with Crippen molar-refractivity contribution in [3.05, 3.63) is 0 Å². The largest absolute Gasteiger partial charge is 0.480 e. The summed E-state index contributed by atoms with van der Waals surface area (Å²) in [5.74, 6) is -2.56. The average molecular weight is 215 g/mol. The predicted octanol–water partition coefficient (Wildman–Crippen LogP) is -2.30. The zero-order valence-electron chi connectivity index (χ0n) is 8.18. The summed E-state index contributed by atoms with van der Waals surface area (Å²) < 4.78 is 0. The monoisotopic (exact) mass is 215 g/mol. The van der Waals surface area contributed by atoms with Gasteiger partial charge in [0.15, 0.2) is 0 Å². The van der Waals surface area contributed by atoms with Gasteiger partial charge in [0.2, 0.25) is 0 Å². The second kappa shape index (κ2) is 4.74. The van der Waals surface area contributed by atoms with Crippen LogP contribution in [0.15, 0.2) is 0 Å². The van der Waals surface area contributed by atoms with Gasteiger partial charge in [0.25, 0.3) is 0 Å². The molecule has 1 saturated heterocycles. The first-order valence-electron chi connectivity index (χ1n) is 4.56. The van der Waals surface area contributed by atoms with E-state index in [1.807, 2.05) is 0 Å². The van der Waals surface area contributed by atoms with E-state index in [4.69, 9.17) is 10.8 Å². The Morgan fingerprint density at radius 2 is 1.80 bits per heavy atom. The van der Waals surface area contributed by atoms with Crippen molar-refractivity contribution < 1.29 is 19.5 Å². The first-order chi connectivity index (χ1) is 7.06. The Hall–Kier alpha value is -1.63. The normalized spacial score (nSPS) is 17.1. The second-order valence-electron chi connectivity index (χ2n) is 3.20. The molecule has 3 N–H and O–H groups in total. The van der Waals surface area contributed by atoms with Gasteiger partial charge in [-0.2, -0.15) is 0 Å². The van der Waals surface area contributed by atoms with Crippen molar-refractivity contribution in [2.24, 2.45) is 5.73 Å². The molecule has 2 amide bonds. The molecule has 7 nitrogen and oxygen atoms in total. The van der Waals surface area contributed by atoms with Gasteiger partial charge in [-0.05, 0) is 0 Å². The molecule has 0 spiro atoms. The first-order valence-corrected chi connectivity index (χ1v) is 4.56. The smallest absolute Gasteiger partial charge is 0.323 e. The molecule has 15 heavy (non-hydrogen) atoms. The number of amides is 2. The zero-order chi connectivity index (χ0) is 11.4. The zero-order valence-corrected chi connectivity index (χ0v) is 8.18. The van der Waals surface area contributed by atoms with Crippen molar-refractivity contribution in [3.63, 3.8) is 0 Å². The number of carboxylic acid groups (broad SMARTS) is 1. The lowest BCUT2D eigenvalue weighted by Gasteiger charge is -2.32. The molecule has 84 valence electrons. The molecular weight excluding hydrogens is 202 g/mol. The van der Waals surface area contributed by atoms with E-state index in [0.29, 0.717) is 13.1 Å². The molecule has 1 fully saturated rings. The van der Waals surface area contributed by atoms with Crippen LogP contribution in [0.4, 0.5) is 0 Å². The predicted molar refractivity (Wildman–Crippen MR) is 49.9 cm³/mol. The highest BCUT2D eigenvalue weighted by atomic mass is 16.4. The molecule has 7 heteroatoms. The van der Waals surface area contributed by atoms with Gasteiger partial charge in [0.1, 0.15) is 6.54 Å². The van der Waals surface area contributed by atoms with Crippen LogP contribution >= 0.6 is 0 Å². The number of carboxylic acids is 1. The Morgan fingerprint density at radius 3 is 2.33 bits per heavy atom. The Balaban J connectivity index is 2.60. The van der Waals surface area contributed by atoms with Gasteiger partial charge in [-0.25, -0.2) is 0 Å². The molecule has 1 aliphatic rings. The third-order valence-corrected chi connectivity index (χ3v) is 2.12. The Kier molecular flexibility index (Phi) is 3.62. The van der Waals surface area contributed by atoms with Gasteiger partial charge in [-0.1, -0.05) is 0 Å². The average Bonchev–Trinajstić information content (AvgIpc) is 2.17. The van der Waals surface area contributed by atoms with E-state index >= 15 is 0 Å². The summed E-state index contributed by atoms with van der Waals surface area (Å²) in [4.78, 5) is 35.5. The van der Waals surface area contributed by atoms with Crippen LogP contribution in [0, 0.1) is 0 Å². The third kappa shape index (κ3) is 2.66. The van der Waals surface area contributed by atoms with E-state index in [2.05, 4.69) is 0 Å². The van der Waals surface area contributed by atoms with Crippen LogP contribution in [0.2, 0.25) is 0 Å². The fourth-order valence-corrected chi connectivity index (χ4v) is 1.40. The van der Waals surface area contributed by atoms with Crippen molar-refractivity contribution in [2.75, 3.05) is 32.7 Å².